The zero-order chi connectivity index (χ0) is 13.1. The van der Waals surface area contributed by atoms with Crippen molar-refractivity contribution in [3.8, 4) is 5.88 Å². The number of likely N-dealkylation sites (tertiary alicyclic amines) is 1. The van der Waals surface area contributed by atoms with Crippen LogP contribution in [0.3, 0.4) is 0 Å². The molecule has 1 aliphatic heterocycles. The van der Waals surface area contributed by atoms with Crippen molar-refractivity contribution in [1.29, 1.82) is 0 Å². The molecule has 6 nitrogen and oxygen atoms in total. The number of nitrogens with zero attached hydrogens (tertiary/aromatic N) is 3. The fourth-order valence-corrected chi connectivity index (χ4v) is 2.00. The van der Waals surface area contributed by atoms with Gasteiger partial charge < -0.3 is 14.7 Å². The first-order valence-electron chi connectivity index (χ1n) is 5.39. The molecule has 98 valence electrons. The third-order valence-electron chi connectivity index (χ3n) is 2.67. The molecule has 1 amide bonds. The number of piperidine rings is 1. The van der Waals surface area contributed by atoms with E-state index in [9.17, 15) is 4.79 Å². The van der Waals surface area contributed by atoms with E-state index in [4.69, 9.17) is 33.0 Å². The Morgan fingerprint density at radius 2 is 2.11 bits per heavy atom. The first kappa shape index (κ1) is 13.2. The maximum Gasteiger partial charge on any atom is 0.407 e. The van der Waals surface area contributed by atoms with Crippen molar-refractivity contribution in [2.45, 2.75) is 18.9 Å². The first-order valence-corrected chi connectivity index (χ1v) is 6.14. The molecule has 1 aromatic rings. The highest BCUT2D eigenvalue weighted by Crippen LogP contribution is 2.25. The summed E-state index contributed by atoms with van der Waals surface area (Å²) in [5.41, 5.74) is 0. The molecule has 1 aromatic heterocycles. The largest absolute Gasteiger partial charge is 0.473 e. The minimum absolute atomic E-state index is 0.0670. The number of rotatable bonds is 2. The Hall–Kier alpha value is -1.27. The van der Waals surface area contributed by atoms with E-state index in [1.807, 2.05) is 0 Å². The van der Waals surface area contributed by atoms with Crippen LogP contribution in [0.2, 0.25) is 10.3 Å². The zero-order valence-corrected chi connectivity index (χ0v) is 10.9. The van der Waals surface area contributed by atoms with Gasteiger partial charge in [-0.15, -0.1) is 0 Å². The highest BCUT2D eigenvalue weighted by molar-refractivity contribution is 6.32. The van der Waals surface area contributed by atoms with Crippen molar-refractivity contribution < 1.29 is 14.6 Å². The van der Waals surface area contributed by atoms with E-state index in [0.717, 1.165) is 0 Å². The summed E-state index contributed by atoms with van der Waals surface area (Å²) in [5.74, 6) is 0.241. The predicted molar refractivity (Wildman–Crippen MR) is 65.3 cm³/mol. The summed E-state index contributed by atoms with van der Waals surface area (Å²) in [6.07, 6.45) is 1.56. The van der Waals surface area contributed by atoms with Crippen molar-refractivity contribution in [3.05, 3.63) is 16.5 Å². The van der Waals surface area contributed by atoms with Crippen molar-refractivity contribution in [1.82, 2.24) is 14.9 Å². The molecular formula is C10H11Cl2N3O3. The van der Waals surface area contributed by atoms with Gasteiger partial charge in [0, 0.05) is 25.9 Å². The Bertz CT molecular complexity index is 450. The molecule has 1 aliphatic rings. The Morgan fingerprint density at radius 1 is 1.44 bits per heavy atom. The zero-order valence-electron chi connectivity index (χ0n) is 9.34. The van der Waals surface area contributed by atoms with Crippen LogP contribution in [0.25, 0.3) is 0 Å². The lowest BCUT2D eigenvalue weighted by molar-refractivity contribution is 0.0871. The van der Waals surface area contributed by atoms with Crippen LogP contribution in [-0.2, 0) is 0 Å². The lowest BCUT2D eigenvalue weighted by atomic mass is 10.1. The van der Waals surface area contributed by atoms with Gasteiger partial charge in [0.25, 0.3) is 0 Å². The maximum atomic E-state index is 10.7. The van der Waals surface area contributed by atoms with E-state index in [2.05, 4.69) is 9.97 Å². The molecule has 8 heteroatoms. The molecule has 1 fully saturated rings. The van der Waals surface area contributed by atoms with E-state index in [1.165, 1.54) is 11.1 Å². The summed E-state index contributed by atoms with van der Waals surface area (Å²) < 4.78 is 5.61. The highest BCUT2D eigenvalue weighted by atomic mass is 35.5. The Kier molecular flexibility index (Phi) is 4.08. The predicted octanol–water partition coefficient (Wildman–Crippen LogP) is 2.30. The molecule has 0 unspecified atom stereocenters. The third kappa shape index (κ3) is 3.14. The van der Waals surface area contributed by atoms with Crippen molar-refractivity contribution in [2.75, 3.05) is 13.1 Å². The number of aromatic nitrogens is 2. The Balaban J connectivity index is 1.95. The van der Waals surface area contributed by atoms with Crippen molar-refractivity contribution >= 4 is 29.3 Å². The standard InChI is InChI=1S/C10H11Cl2N3O3/c11-7-5-13-9(12)14-8(7)18-6-1-3-15(4-2-6)10(16)17/h5-6H,1-4H2,(H,16,17). The summed E-state index contributed by atoms with van der Waals surface area (Å²) in [6.45, 7) is 0.882. The van der Waals surface area contributed by atoms with Gasteiger partial charge in [0.2, 0.25) is 11.2 Å². The quantitative estimate of drug-likeness (QED) is 0.846. The summed E-state index contributed by atoms with van der Waals surface area (Å²) in [4.78, 5) is 19.7. The second-order valence-electron chi connectivity index (χ2n) is 3.88. The number of amides is 1. The van der Waals surface area contributed by atoms with Crippen LogP contribution < -0.4 is 4.74 Å². The highest BCUT2D eigenvalue weighted by Gasteiger charge is 2.24. The maximum absolute atomic E-state index is 10.7. The first-order chi connectivity index (χ1) is 8.56. The second kappa shape index (κ2) is 5.58. The van der Waals surface area contributed by atoms with E-state index in [0.29, 0.717) is 31.0 Å². The summed E-state index contributed by atoms with van der Waals surface area (Å²) in [5, 5.41) is 9.18. The number of hydrogen-bond acceptors (Lipinski definition) is 4. The molecular weight excluding hydrogens is 281 g/mol. The van der Waals surface area contributed by atoms with Crippen LogP contribution in [0.1, 0.15) is 12.8 Å². The molecule has 0 aliphatic carbocycles. The SMILES string of the molecule is O=C(O)N1CCC(Oc2nc(Cl)ncc2Cl)CC1. The summed E-state index contributed by atoms with van der Waals surface area (Å²) in [6, 6.07) is 0. The van der Waals surface area contributed by atoms with E-state index < -0.39 is 6.09 Å². The van der Waals surface area contributed by atoms with E-state index in [1.54, 1.807) is 0 Å². The van der Waals surface area contributed by atoms with E-state index >= 15 is 0 Å². The monoisotopic (exact) mass is 291 g/mol. The van der Waals surface area contributed by atoms with Gasteiger partial charge in [0.1, 0.15) is 11.1 Å². The number of halogens is 2. The van der Waals surface area contributed by atoms with Crippen molar-refractivity contribution in [3.63, 3.8) is 0 Å². The fourth-order valence-electron chi connectivity index (χ4n) is 1.74. The molecule has 1 saturated heterocycles. The Labute approximate surface area is 113 Å². The van der Waals surface area contributed by atoms with Gasteiger partial charge in [0.05, 0.1) is 6.20 Å². The van der Waals surface area contributed by atoms with Crippen LogP contribution >= 0.6 is 23.2 Å². The molecule has 0 saturated carbocycles. The smallest absolute Gasteiger partial charge is 0.407 e. The fraction of sp³-hybridized carbons (Fsp3) is 0.500. The van der Waals surface area contributed by atoms with Crippen molar-refractivity contribution in [2.24, 2.45) is 0 Å². The summed E-state index contributed by atoms with van der Waals surface area (Å²) in [7, 11) is 0. The van der Waals surface area contributed by atoms with Gasteiger partial charge in [-0.2, -0.15) is 4.98 Å². The van der Waals surface area contributed by atoms with Crippen LogP contribution in [0.5, 0.6) is 5.88 Å². The van der Waals surface area contributed by atoms with Gasteiger partial charge in [-0.25, -0.2) is 9.78 Å². The van der Waals surface area contributed by atoms with Crippen LogP contribution in [0.15, 0.2) is 6.20 Å². The number of ether oxygens (including phenoxy) is 1. The Morgan fingerprint density at radius 3 is 2.72 bits per heavy atom. The molecule has 0 atom stereocenters. The van der Waals surface area contributed by atoms with Crippen LogP contribution in [0, 0.1) is 0 Å². The molecule has 18 heavy (non-hydrogen) atoms. The molecule has 2 rings (SSSR count). The van der Waals surface area contributed by atoms with Gasteiger partial charge in [-0.3, -0.25) is 0 Å². The third-order valence-corrected chi connectivity index (χ3v) is 3.11. The van der Waals surface area contributed by atoms with Gasteiger partial charge >= 0.3 is 6.09 Å². The number of hydrogen-bond donors (Lipinski definition) is 1. The number of carboxylic acid groups (broad SMARTS) is 1. The normalized spacial score (nSPS) is 16.7. The minimum Gasteiger partial charge on any atom is -0.473 e. The van der Waals surface area contributed by atoms with E-state index in [-0.39, 0.29) is 17.3 Å². The molecule has 0 bridgehead atoms. The van der Waals surface area contributed by atoms with Crippen LogP contribution in [-0.4, -0.2) is 45.3 Å². The topological polar surface area (TPSA) is 75.5 Å². The molecule has 0 aromatic carbocycles. The second-order valence-corrected chi connectivity index (χ2v) is 4.62. The molecule has 0 radical (unpaired) electrons. The molecule has 0 spiro atoms. The molecule has 2 heterocycles. The average molecular weight is 292 g/mol. The molecule has 1 N–H and O–H groups in total. The minimum atomic E-state index is -0.906. The number of carbonyl (C=O) groups is 1. The summed E-state index contributed by atoms with van der Waals surface area (Å²) >= 11 is 11.5. The lowest BCUT2D eigenvalue weighted by Gasteiger charge is -2.29. The van der Waals surface area contributed by atoms with Crippen LogP contribution in [0.4, 0.5) is 4.79 Å². The van der Waals surface area contributed by atoms with Gasteiger partial charge in [-0.1, -0.05) is 11.6 Å². The van der Waals surface area contributed by atoms with Gasteiger partial charge in [-0.05, 0) is 11.6 Å². The average Bonchev–Trinajstić information content (AvgIpc) is 2.34. The van der Waals surface area contributed by atoms with Gasteiger partial charge in [0.15, 0.2) is 0 Å². The lowest BCUT2D eigenvalue weighted by Crippen LogP contribution is -2.41.